The quantitative estimate of drug-likeness (QED) is 0.238. The van der Waals surface area contributed by atoms with E-state index < -0.39 is 14.9 Å². The Balaban J connectivity index is 1.61. The van der Waals surface area contributed by atoms with Gasteiger partial charge >= 0.3 is 0 Å². The highest BCUT2D eigenvalue weighted by Crippen LogP contribution is 2.37. The minimum absolute atomic E-state index is 0.0153. The first kappa shape index (κ1) is 23.8. The van der Waals surface area contributed by atoms with Crippen LogP contribution in [0, 0.1) is 0 Å². The maximum Gasteiger partial charge on any atom is 0.261 e. The minimum atomic E-state index is -2.61. The monoisotopic (exact) mass is 516 g/mol. The molecular weight excluding hydrogens is 485 g/mol. The first-order valence-corrected chi connectivity index (χ1v) is 14.1. The molecule has 0 bridgehead atoms. The molecule has 3 aromatic rings. The zero-order valence-electron chi connectivity index (χ0n) is 21.0. The number of benzene rings is 2. The predicted octanol–water partition coefficient (Wildman–Crippen LogP) is 5.43. The number of hydrogen-bond acceptors (Lipinski definition) is 5. The average molecular weight is 518 g/mol. The van der Waals surface area contributed by atoms with Crippen LogP contribution in [-0.2, 0) is 15.7 Å². The molecule has 0 N–H and O–H groups in total. The van der Waals surface area contributed by atoms with Crippen molar-refractivity contribution < 1.29 is 10.5 Å². The molecule has 0 amide bonds. The Kier molecular flexibility index (Phi) is 7.23. The summed E-state index contributed by atoms with van der Waals surface area (Å²) in [5.74, 6) is 0.555. The highest BCUT2D eigenvalue weighted by Gasteiger charge is 2.50. The Morgan fingerprint density at radius 2 is 1.65 bits per heavy atom. The molecule has 0 radical (unpaired) electrons. The lowest BCUT2D eigenvalue weighted by Gasteiger charge is -2.43. The summed E-state index contributed by atoms with van der Waals surface area (Å²) in [5, 5.41) is 2.62. The second-order valence-electron chi connectivity index (χ2n) is 9.55. The van der Waals surface area contributed by atoms with Gasteiger partial charge in [-0.15, -0.1) is 0 Å². The topological polar surface area (TPSA) is 47.5 Å². The molecule has 2 aromatic carbocycles. The zero-order chi connectivity index (χ0) is 25.2. The Hall–Kier alpha value is -1.96. The number of nitrogens with zero attached hydrogens (tertiary/aromatic N) is 3. The third kappa shape index (κ3) is 4.88. The summed E-state index contributed by atoms with van der Waals surface area (Å²) in [7, 11) is -2.61. The summed E-state index contributed by atoms with van der Waals surface area (Å²) in [4.78, 5) is 10.4. The fourth-order valence-corrected chi connectivity index (χ4v) is 9.62. The predicted molar refractivity (Wildman–Crippen MR) is 142 cm³/mol. The normalized spacial score (nSPS) is 17.8. The summed E-state index contributed by atoms with van der Waals surface area (Å²) in [6.45, 7) is 8.75. The summed E-state index contributed by atoms with van der Waals surface area (Å²) in [6, 6.07) is 21.2. The van der Waals surface area contributed by atoms with Gasteiger partial charge in [0.25, 0.3) is 8.32 Å². The van der Waals surface area contributed by atoms with E-state index in [1.165, 1.54) is 10.4 Å². The first-order valence-electron chi connectivity index (χ1n) is 12.0. The van der Waals surface area contributed by atoms with Crippen molar-refractivity contribution >= 4 is 47.7 Å². The van der Waals surface area contributed by atoms with E-state index in [0.29, 0.717) is 18.0 Å². The largest absolute Gasteiger partial charge is 0.407 e. The van der Waals surface area contributed by atoms with Crippen LogP contribution in [0.15, 0.2) is 60.7 Å². The number of ether oxygens (including phenoxy) is 1. The molecule has 34 heavy (non-hydrogen) atoms. The minimum Gasteiger partial charge on any atom is -0.407 e. The summed E-state index contributed by atoms with van der Waals surface area (Å²) in [5.41, 5.74) is 0.446. The molecule has 2 atom stereocenters. The molecule has 0 saturated carbocycles. The lowest BCUT2D eigenvalue weighted by Crippen LogP contribution is -2.66. The van der Waals surface area contributed by atoms with E-state index in [9.17, 15) is 0 Å². The second kappa shape index (κ2) is 10.3. The maximum atomic E-state index is 8.20. The number of aromatic nitrogens is 2. The molecule has 1 aliphatic heterocycles. The van der Waals surface area contributed by atoms with E-state index in [2.05, 4.69) is 86.2 Å². The van der Waals surface area contributed by atoms with E-state index in [-0.39, 0.29) is 28.2 Å². The van der Waals surface area contributed by atoms with Crippen LogP contribution in [0.1, 0.15) is 41.0 Å². The van der Waals surface area contributed by atoms with Crippen molar-refractivity contribution in [3.8, 4) is 0 Å². The number of anilines is 1. The molecule has 1 aromatic heterocycles. The van der Waals surface area contributed by atoms with Gasteiger partial charge in [0.2, 0.25) is 5.28 Å². The Bertz CT molecular complexity index is 1110. The van der Waals surface area contributed by atoms with Crippen LogP contribution in [0.2, 0.25) is 15.5 Å². The number of fused-ring (bicyclic) bond motifs is 1. The molecule has 0 saturated heterocycles. The van der Waals surface area contributed by atoms with Crippen molar-refractivity contribution in [1.29, 1.82) is 0 Å². The number of rotatable bonds is 7. The van der Waals surface area contributed by atoms with Crippen molar-refractivity contribution in [2.45, 2.75) is 51.8 Å². The Labute approximate surface area is 214 Å². The van der Waals surface area contributed by atoms with Crippen molar-refractivity contribution in [3.63, 3.8) is 0 Å². The number of hydrogen-bond donors (Lipinski definition) is 0. The molecule has 4 rings (SSSR count). The van der Waals surface area contributed by atoms with Crippen molar-refractivity contribution in [2.24, 2.45) is 0 Å². The van der Waals surface area contributed by atoms with Crippen LogP contribution >= 0.6 is 23.2 Å². The van der Waals surface area contributed by atoms with E-state index in [1.54, 1.807) is 0 Å². The van der Waals surface area contributed by atoms with Gasteiger partial charge < -0.3 is 14.1 Å². The molecule has 180 valence electrons. The third-order valence-electron chi connectivity index (χ3n) is 6.34. The molecule has 0 aliphatic carbocycles. The SMILES string of the molecule is [2H]C1OCN(C(C)CCO[Si](c2ccccc2)(c2ccccc2)C(C)(C)C)c2nc(Cl)nc(Cl)c21. The van der Waals surface area contributed by atoms with Gasteiger partial charge in [0.15, 0.2) is 0 Å². The van der Waals surface area contributed by atoms with E-state index in [0.717, 1.165) is 6.42 Å². The highest BCUT2D eigenvalue weighted by atomic mass is 35.5. The van der Waals surface area contributed by atoms with Gasteiger partial charge in [0.05, 0.1) is 13.5 Å². The van der Waals surface area contributed by atoms with Crippen LogP contribution in [0.25, 0.3) is 0 Å². The molecule has 2 heterocycles. The summed E-state index contributed by atoms with van der Waals surface area (Å²) >= 11 is 12.4. The molecule has 8 heteroatoms. The summed E-state index contributed by atoms with van der Waals surface area (Å²) < 4.78 is 20.9. The molecule has 0 fully saturated rings. The van der Waals surface area contributed by atoms with E-state index >= 15 is 0 Å². The van der Waals surface area contributed by atoms with Crippen LogP contribution in [0.4, 0.5) is 5.82 Å². The molecule has 2 unspecified atom stereocenters. The zero-order valence-corrected chi connectivity index (χ0v) is 22.5. The fourth-order valence-electron chi connectivity index (χ4n) is 4.62. The van der Waals surface area contributed by atoms with Crippen molar-refractivity contribution in [3.05, 3.63) is 76.7 Å². The highest BCUT2D eigenvalue weighted by molar-refractivity contribution is 6.99. The molecule has 5 nitrogen and oxygen atoms in total. The van der Waals surface area contributed by atoms with E-state index in [4.69, 9.17) is 33.7 Å². The summed E-state index contributed by atoms with van der Waals surface area (Å²) in [6.07, 6.45) is 0.731. The van der Waals surface area contributed by atoms with Crippen LogP contribution < -0.4 is 15.3 Å². The van der Waals surface area contributed by atoms with Crippen LogP contribution in [0.5, 0.6) is 0 Å². The average Bonchev–Trinajstić information content (AvgIpc) is 2.82. The van der Waals surface area contributed by atoms with Gasteiger partial charge in [-0.2, -0.15) is 0 Å². The van der Waals surface area contributed by atoms with Gasteiger partial charge in [-0.1, -0.05) is 93.0 Å². The smallest absolute Gasteiger partial charge is 0.261 e. The van der Waals surface area contributed by atoms with Gasteiger partial charge in [0, 0.05) is 12.6 Å². The van der Waals surface area contributed by atoms with Crippen LogP contribution in [0.3, 0.4) is 0 Å². The van der Waals surface area contributed by atoms with Crippen LogP contribution in [-0.4, -0.2) is 37.7 Å². The number of halogens is 2. The standard InChI is InChI=1S/C26H31Cl2N3O2Si/c1-19(31-18-32-17-22-23(27)29-25(28)30-24(22)31)15-16-33-34(26(2,3)4,20-11-7-5-8-12-20)21-13-9-6-10-14-21/h5-14,19H,15-18H2,1-4H3/i17D. The van der Waals surface area contributed by atoms with Crippen molar-refractivity contribution in [1.82, 2.24) is 9.97 Å². The fraction of sp³-hybridized carbons (Fsp3) is 0.385. The molecular formula is C26H31Cl2N3O2Si. The van der Waals surface area contributed by atoms with Gasteiger partial charge in [-0.05, 0) is 40.4 Å². The lowest BCUT2D eigenvalue weighted by atomic mass is 10.2. The Morgan fingerprint density at radius 3 is 2.21 bits per heavy atom. The molecule has 1 aliphatic rings. The third-order valence-corrected chi connectivity index (χ3v) is 11.8. The second-order valence-corrected chi connectivity index (χ2v) is 14.6. The Morgan fingerprint density at radius 1 is 1.06 bits per heavy atom. The van der Waals surface area contributed by atoms with E-state index in [1.807, 2.05) is 17.0 Å². The first-order chi connectivity index (χ1) is 16.6. The lowest BCUT2D eigenvalue weighted by molar-refractivity contribution is 0.101. The van der Waals surface area contributed by atoms with Gasteiger partial charge in [0.1, 0.15) is 17.7 Å². The molecule has 0 spiro atoms. The van der Waals surface area contributed by atoms with Gasteiger partial charge in [-0.3, -0.25) is 0 Å². The maximum absolute atomic E-state index is 8.20. The van der Waals surface area contributed by atoms with Crippen molar-refractivity contribution in [2.75, 3.05) is 18.2 Å². The van der Waals surface area contributed by atoms with Gasteiger partial charge in [-0.25, -0.2) is 9.97 Å².